The molecule has 0 spiro atoms. The summed E-state index contributed by atoms with van der Waals surface area (Å²) in [6, 6.07) is 3.83. The van der Waals surface area contributed by atoms with Crippen molar-refractivity contribution in [3.05, 3.63) is 35.4 Å². The molecule has 0 unspecified atom stereocenters. The maximum atomic E-state index is 12.7. The van der Waals surface area contributed by atoms with E-state index in [1.54, 1.807) is 6.07 Å². The van der Waals surface area contributed by atoms with Crippen LogP contribution in [0.1, 0.15) is 25.3 Å². The quantitative estimate of drug-likeness (QED) is 0.727. The maximum absolute atomic E-state index is 12.7. The highest BCUT2D eigenvalue weighted by atomic mass is 19.2. The van der Waals surface area contributed by atoms with Crippen LogP contribution in [0.2, 0.25) is 0 Å². The van der Waals surface area contributed by atoms with Gasteiger partial charge in [-0.1, -0.05) is 6.07 Å². The average molecular weight is 198 g/mol. The minimum atomic E-state index is -0.833. The fraction of sp³-hybridized carbons (Fsp3) is 0.364. The van der Waals surface area contributed by atoms with E-state index in [-0.39, 0.29) is 5.78 Å². The van der Waals surface area contributed by atoms with E-state index in [1.165, 1.54) is 13.0 Å². The van der Waals surface area contributed by atoms with Crippen molar-refractivity contribution < 1.29 is 13.6 Å². The number of ketones is 1. The van der Waals surface area contributed by atoms with Gasteiger partial charge in [0.1, 0.15) is 5.78 Å². The lowest BCUT2D eigenvalue weighted by atomic mass is 10.1. The number of hydrogen-bond donors (Lipinski definition) is 0. The summed E-state index contributed by atoms with van der Waals surface area (Å²) >= 11 is 0. The molecule has 1 aromatic carbocycles. The third-order valence-electron chi connectivity index (χ3n) is 1.98. The molecule has 1 nitrogen and oxygen atoms in total. The van der Waals surface area contributed by atoms with Crippen LogP contribution in [0, 0.1) is 11.6 Å². The van der Waals surface area contributed by atoms with E-state index in [2.05, 4.69) is 0 Å². The summed E-state index contributed by atoms with van der Waals surface area (Å²) in [5.41, 5.74) is 0.727. The summed E-state index contributed by atoms with van der Waals surface area (Å²) in [7, 11) is 0. The Balaban J connectivity index is 2.51. The molecule has 0 N–H and O–H groups in total. The molecule has 0 saturated heterocycles. The van der Waals surface area contributed by atoms with Crippen LogP contribution in [0.5, 0.6) is 0 Å². The molecule has 3 heteroatoms. The molecule has 0 radical (unpaired) electrons. The third kappa shape index (κ3) is 3.24. The van der Waals surface area contributed by atoms with Gasteiger partial charge < -0.3 is 4.79 Å². The monoisotopic (exact) mass is 198 g/mol. The Labute approximate surface area is 81.7 Å². The van der Waals surface area contributed by atoms with Gasteiger partial charge >= 0.3 is 0 Å². The van der Waals surface area contributed by atoms with Gasteiger partial charge in [-0.25, -0.2) is 8.78 Å². The molecule has 0 aromatic heterocycles. The molecule has 0 bridgehead atoms. The molecule has 0 aliphatic carbocycles. The standard InChI is InChI=1S/C11H12F2O/c1-8(14)3-2-4-9-5-6-10(12)11(13)7-9/h5-7H,2-4H2,1H3. The van der Waals surface area contributed by atoms with E-state index in [9.17, 15) is 13.6 Å². The van der Waals surface area contributed by atoms with E-state index < -0.39 is 11.6 Å². The Hall–Kier alpha value is -1.25. The molecule has 1 aromatic rings. The number of benzene rings is 1. The zero-order chi connectivity index (χ0) is 10.6. The van der Waals surface area contributed by atoms with E-state index in [4.69, 9.17) is 0 Å². The molecule has 0 saturated carbocycles. The molecule has 0 aliphatic heterocycles. The zero-order valence-corrected chi connectivity index (χ0v) is 8.02. The molecule has 0 heterocycles. The second kappa shape index (κ2) is 4.84. The van der Waals surface area contributed by atoms with Crippen molar-refractivity contribution in [2.24, 2.45) is 0 Å². The van der Waals surface area contributed by atoms with Crippen LogP contribution in [0.4, 0.5) is 8.78 Å². The van der Waals surface area contributed by atoms with Gasteiger partial charge in [0.15, 0.2) is 11.6 Å². The summed E-state index contributed by atoms with van der Waals surface area (Å²) in [5.74, 6) is -1.54. The Morgan fingerprint density at radius 3 is 2.57 bits per heavy atom. The molecule has 0 fully saturated rings. The third-order valence-corrected chi connectivity index (χ3v) is 1.98. The summed E-state index contributed by atoms with van der Waals surface area (Å²) in [6.07, 6.45) is 1.77. The highest BCUT2D eigenvalue weighted by molar-refractivity contribution is 5.75. The van der Waals surface area contributed by atoms with Crippen molar-refractivity contribution in [2.45, 2.75) is 26.2 Å². The number of halogens is 2. The Morgan fingerprint density at radius 1 is 1.29 bits per heavy atom. The van der Waals surface area contributed by atoms with Gasteiger partial charge in [0.25, 0.3) is 0 Å². The first-order valence-corrected chi connectivity index (χ1v) is 4.53. The van der Waals surface area contributed by atoms with Gasteiger partial charge in [-0.2, -0.15) is 0 Å². The minimum Gasteiger partial charge on any atom is -0.300 e. The van der Waals surface area contributed by atoms with Crippen LogP contribution in [-0.4, -0.2) is 5.78 Å². The maximum Gasteiger partial charge on any atom is 0.159 e. The number of carbonyl (C=O) groups is 1. The van der Waals surface area contributed by atoms with E-state index in [0.717, 1.165) is 11.6 Å². The van der Waals surface area contributed by atoms with Gasteiger partial charge in [0, 0.05) is 6.42 Å². The summed E-state index contributed by atoms with van der Waals surface area (Å²) in [5, 5.41) is 0. The Kier molecular flexibility index (Phi) is 3.74. The highest BCUT2D eigenvalue weighted by Crippen LogP contribution is 2.11. The number of rotatable bonds is 4. The largest absolute Gasteiger partial charge is 0.300 e. The Morgan fingerprint density at radius 2 is 2.00 bits per heavy atom. The molecule has 1 rings (SSSR count). The first kappa shape index (κ1) is 10.8. The van der Waals surface area contributed by atoms with Crippen molar-refractivity contribution in [1.29, 1.82) is 0 Å². The molecule has 0 aliphatic rings. The molecule has 76 valence electrons. The molecule has 0 amide bonds. The Bertz CT molecular complexity index is 334. The van der Waals surface area contributed by atoms with Gasteiger partial charge in [-0.3, -0.25) is 0 Å². The highest BCUT2D eigenvalue weighted by Gasteiger charge is 2.02. The first-order chi connectivity index (χ1) is 6.59. The number of Topliss-reactive ketones (excluding diaryl/α,β-unsaturated/α-hetero) is 1. The van der Waals surface area contributed by atoms with Crippen LogP contribution in [0.3, 0.4) is 0 Å². The van der Waals surface area contributed by atoms with Gasteiger partial charge in [-0.15, -0.1) is 0 Å². The lowest BCUT2D eigenvalue weighted by Crippen LogP contribution is -1.94. The van der Waals surface area contributed by atoms with Crippen LogP contribution in [-0.2, 0) is 11.2 Å². The number of carbonyl (C=O) groups excluding carboxylic acids is 1. The van der Waals surface area contributed by atoms with Crippen LogP contribution < -0.4 is 0 Å². The van der Waals surface area contributed by atoms with Gasteiger partial charge in [0.2, 0.25) is 0 Å². The molecule has 14 heavy (non-hydrogen) atoms. The number of hydrogen-bond acceptors (Lipinski definition) is 1. The van der Waals surface area contributed by atoms with Crippen LogP contribution in [0.25, 0.3) is 0 Å². The van der Waals surface area contributed by atoms with E-state index in [0.29, 0.717) is 19.3 Å². The smallest absolute Gasteiger partial charge is 0.159 e. The normalized spacial score (nSPS) is 10.2. The fourth-order valence-electron chi connectivity index (χ4n) is 1.24. The lowest BCUT2D eigenvalue weighted by Gasteiger charge is -2.00. The van der Waals surface area contributed by atoms with E-state index in [1.807, 2.05) is 0 Å². The van der Waals surface area contributed by atoms with Crippen molar-refractivity contribution in [3.8, 4) is 0 Å². The van der Waals surface area contributed by atoms with Crippen LogP contribution >= 0.6 is 0 Å². The van der Waals surface area contributed by atoms with Crippen molar-refractivity contribution >= 4 is 5.78 Å². The van der Waals surface area contributed by atoms with Crippen molar-refractivity contribution in [2.75, 3.05) is 0 Å². The minimum absolute atomic E-state index is 0.118. The second-order valence-electron chi connectivity index (χ2n) is 3.30. The predicted molar refractivity (Wildman–Crippen MR) is 50.0 cm³/mol. The molecule has 0 atom stereocenters. The van der Waals surface area contributed by atoms with Crippen molar-refractivity contribution in [3.63, 3.8) is 0 Å². The van der Waals surface area contributed by atoms with Gasteiger partial charge in [0.05, 0.1) is 0 Å². The van der Waals surface area contributed by atoms with Crippen LogP contribution in [0.15, 0.2) is 18.2 Å². The lowest BCUT2D eigenvalue weighted by molar-refractivity contribution is -0.117. The first-order valence-electron chi connectivity index (χ1n) is 4.53. The number of aryl methyl sites for hydroxylation is 1. The summed E-state index contributed by atoms with van der Waals surface area (Å²) < 4.78 is 25.2. The SMILES string of the molecule is CC(=O)CCCc1ccc(F)c(F)c1. The predicted octanol–water partition coefficient (Wildman–Crippen LogP) is 2.88. The summed E-state index contributed by atoms with van der Waals surface area (Å²) in [6.45, 7) is 1.52. The molecular formula is C11H12F2O. The topological polar surface area (TPSA) is 17.1 Å². The zero-order valence-electron chi connectivity index (χ0n) is 8.02. The molecular weight excluding hydrogens is 186 g/mol. The fourth-order valence-corrected chi connectivity index (χ4v) is 1.24. The van der Waals surface area contributed by atoms with Crippen molar-refractivity contribution in [1.82, 2.24) is 0 Å². The van der Waals surface area contributed by atoms with Gasteiger partial charge in [-0.05, 0) is 37.5 Å². The average Bonchev–Trinajstić information content (AvgIpc) is 2.10. The van der Waals surface area contributed by atoms with E-state index >= 15 is 0 Å². The summed E-state index contributed by atoms with van der Waals surface area (Å²) in [4.78, 5) is 10.6. The second-order valence-corrected chi connectivity index (χ2v) is 3.30.